The Kier molecular flexibility index (Phi) is 3.52. The summed E-state index contributed by atoms with van der Waals surface area (Å²) in [5, 5.41) is 3.55. The van der Waals surface area contributed by atoms with Crippen LogP contribution >= 0.6 is 0 Å². The van der Waals surface area contributed by atoms with Gasteiger partial charge in [0.15, 0.2) is 0 Å². The third-order valence-electron chi connectivity index (χ3n) is 3.74. The van der Waals surface area contributed by atoms with Crippen LogP contribution in [-0.2, 0) is 4.79 Å². The van der Waals surface area contributed by atoms with E-state index in [1.807, 2.05) is 41.3 Å². The SMILES string of the molecule is CC(=O)N1CCNC(c2ccccc2)c2ccccc21. The van der Waals surface area contributed by atoms with Gasteiger partial charge in [0, 0.05) is 25.7 Å². The summed E-state index contributed by atoms with van der Waals surface area (Å²) in [6, 6.07) is 18.6. The molecule has 3 nitrogen and oxygen atoms in total. The topological polar surface area (TPSA) is 32.3 Å². The third-order valence-corrected chi connectivity index (χ3v) is 3.74. The number of rotatable bonds is 1. The molecule has 1 heterocycles. The Morgan fingerprint density at radius 3 is 2.55 bits per heavy atom. The number of hydrogen-bond donors (Lipinski definition) is 1. The van der Waals surface area contributed by atoms with E-state index in [1.54, 1.807) is 6.92 Å². The smallest absolute Gasteiger partial charge is 0.223 e. The molecule has 2 aromatic rings. The zero-order valence-electron chi connectivity index (χ0n) is 11.5. The number of fused-ring (bicyclic) bond motifs is 1. The molecule has 2 aromatic carbocycles. The summed E-state index contributed by atoms with van der Waals surface area (Å²) < 4.78 is 0. The van der Waals surface area contributed by atoms with E-state index in [4.69, 9.17) is 0 Å². The summed E-state index contributed by atoms with van der Waals surface area (Å²) in [5.41, 5.74) is 3.40. The van der Waals surface area contributed by atoms with Crippen molar-refractivity contribution in [3.05, 3.63) is 65.7 Å². The highest BCUT2D eigenvalue weighted by Gasteiger charge is 2.24. The number of benzene rings is 2. The molecule has 1 amide bonds. The Labute approximate surface area is 119 Å². The van der Waals surface area contributed by atoms with Crippen molar-refractivity contribution in [2.45, 2.75) is 13.0 Å². The lowest BCUT2D eigenvalue weighted by atomic mass is 9.97. The number of anilines is 1. The third kappa shape index (κ3) is 2.32. The number of para-hydroxylation sites is 1. The quantitative estimate of drug-likeness (QED) is 0.860. The monoisotopic (exact) mass is 266 g/mol. The maximum absolute atomic E-state index is 11.9. The van der Waals surface area contributed by atoms with E-state index < -0.39 is 0 Å². The Morgan fingerprint density at radius 1 is 1.10 bits per heavy atom. The van der Waals surface area contributed by atoms with E-state index in [0.717, 1.165) is 17.8 Å². The fraction of sp³-hybridized carbons (Fsp3) is 0.235. The highest BCUT2D eigenvalue weighted by Crippen LogP contribution is 2.32. The molecule has 1 aliphatic heterocycles. The molecule has 1 unspecified atom stereocenters. The zero-order chi connectivity index (χ0) is 13.9. The molecule has 1 N–H and O–H groups in total. The number of nitrogens with zero attached hydrogens (tertiary/aromatic N) is 1. The summed E-state index contributed by atoms with van der Waals surface area (Å²) in [6.45, 7) is 3.11. The molecule has 1 atom stereocenters. The van der Waals surface area contributed by atoms with E-state index in [0.29, 0.717) is 6.54 Å². The predicted octanol–water partition coefficient (Wildman–Crippen LogP) is 2.73. The molecule has 3 heteroatoms. The summed E-state index contributed by atoms with van der Waals surface area (Å²) in [7, 11) is 0. The fourth-order valence-corrected chi connectivity index (χ4v) is 2.80. The number of carbonyl (C=O) groups is 1. The lowest BCUT2D eigenvalue weighted by molar-refractivity contribution is -0.116. The van der Waals surface area contributed by atoms with Crippen LogP contribution < -0.4 is 10.2 Å². The molecule has 0 aliphatic carbocycles. The van der Waals surface area contributed by atoms with E-state index in [-0.39, 0.29) is 11.9 Å². The fourth-order valence-electron chi connectivity index (χ4n) is 2.80. The van der Waals surface area contributed by atoms with Crippen molar-refractivity contribution in [2.24, 2.45) is 0 Å². The first kappa shape index (κ1) is 12.9. The predicted molar refractivity (Wildman–Crippen MR) is 80.8 cm³/mol. The molecular weight excluding hydrogens is 248 g/mol. The maximum Gasteiger partial charge on any atom is 0.223 e. The molecule has 3 rings (SSSR count). The van der Waals surface area contributed by atoms with Crippen LogP contribution in [0.1, 0.15) is 24.1 Å². The number of amides is 1. The van der Waals surface area contributed by atoms with Crippen LogP contribution in [0.4, 0.5) is 5.69 Å². The summed E-state index contributed by atoms with van der Waals surface area (Å²) in [4.78, 5) is 13.7. The van der Waals surface area contributed by atoms with Crippen LogP contribution in [0.3, 0.4) is 0 Å². The maximum atomic E-state index is 11.9. The average molecular weight is 266 g/mol. The van der Waals surface area contributed by atoms with Gasteiger partial charge >= 0.3 is 0 Å². The van der Waals surface area contributed by atoms with Crippen LogP contribution in [0.5, 0.6) is 0 Å². The van der Waals surface area contributed by atoms with Gasteiger partial charge in [-0.3, -0.25) is 4.79 Å². The van der Waals surface area contributed by atoms with Gasteiger partial charge < -0.3 is 10.2 Å². The first-order valence-corrected chi connectivity index (χ1v) is 6.93. The zero-order valence-corrected chi connectivity index (χ0v) is 11.5. The summed E-state index contributed by atoms with van der Waals surface area (Å²) in [6.07, 6.45) is 0. The highest BCUT2D eigenvalue weighted by atomic mass is 16.2. The van der Waals surface area contributed by atoms with Gasteiger partial charge in [-0.2, -0.15) is 0 Å². The largest absolute Gasteiger partial charge is 0.311 e. The van der Waals surface area contributed by atoms with Crippen molar-refractivity contribution < 1.29 is 4.79 Å². The standard InChI is InChI=1S/C17H18N2O/c1-13(20)19-12-11-18-17(14-7-3-2-4-8-14)15-9-5-6-10-16(15)19/h2-10,17-18H,11-12H2,1H3. The molecular formula is C17H18N2O. The molecule has 0 bridgehead atoms. The Morgan fingerprint density at radius 2 is 1.80 bits per heavy atom. The van der Waals surface area contributed by atoms with Crippen molar-refractivity contribution in [2.75, 3.05) is 18.0 Å². The van der Waals surface area contributed by atoms with E-state index in [1.165, 1.54) is 5.56 Å². The first-order valence-electron chi connectivity index (χ1n) is 6.93. The van der Waals surface area contributed by atoms with Gasteiger partial charge in [-0.1, -0.05) is 48.5 Å². The second-order valence-corrected chi connectivity index (χ2v) is 5.03. The van der Waals surface area contributed by atoms with E-state index in [2.05, 4.69) is 23.5 Å². The molecule has 20 heavy (non-hydrogen) atoms. The molecule has 0 fully saturated rings. The average Bonchev–Trinajstić information content (AvgIpc) is 2.68. The molecule has 0 spiro atoms. The number of carbonyl (C=O) groups excluding carboxylic acids is 1. The van der Waals surface area contributed by atoms with Crippen LogP contribution in [0.25, 0.3) is 0 Å². The molecule has 0 saturated heterocycles. The summed E-state index contributed by atoms with van der Waals surface area (Å²) >= 11 is 0. The Balaban J connectivity index is 2.09. The lowest BCUT2D eigenvalue weighted by Gasteiger charge is -2.22. The first-order chi connectivity index (χ1) is 9.77. The van der Waals surface area contributed by atoms with Crippen molar-refractivity contribution in [1.82, 2.24) is 5.32 Å². The minimum Gasteiger partial charge on any atom is -0.311 e. The van der Waals surface area contributed by atoms with Crippen molar-refractivity contribution in [3.63, 3.8) is 0 Å². The van der Waals surface area contributed by atoms with Gasteiger partial charge in [-0.25, -0.2) is 0 Å². The number of hydrogen-bond acceptors (Lipinski definition) is 2. The Hall–Kier alpha value is -2.13. The van der Waals surface area contributed by atoms with Crippen molar-refractivity contribution in [3.8, 4) is 0 Å². The van der Waals surface area contributed by atoms with Gasteiger partial charge in [-0.15, -0.1) is 0 Å². The number of nitrogens with one attached hydrogen (secondary N) is 1. The second kappa shape index (κ2) is 5.47. The van der Waals surface area contributed by atoms with Gasteiger partial charge in [0.1, 0.15) is 0 Å². The Bertz CT molecular complexity index is 609. The highest BCUT2D eigenvalue weighted by molar-refractivity contribution is 5.92. The minimum atomic E-state index is 0.0907. The van der Waals surface area contributed by atoms with Crippen LogP contribution in [0, 0.1) is 0 Å². The van der Waals surface area contributed by atoms with Crippen LogP contribution in [0.2, 0.25) is 0 Å². The van der Waals surface area contributed by atoms with E-state index >= 15 is 0 Å². The van der Waals surface area contributed by atoms with Crippen LogP contribution in [-0.4, -0.2) is 19.0 Å². The normalized spacial score (nSPS) is 18.2. The molecule has 0 radical (unpaired) electrons. The molecule has 0 saturated carbocycles. The van der Waals surface area contributed by atoms with Gasteiger partial charge in [-0.05, 0) is 17.2 Å². The van der Waals surface area contributed by atoms with Gasteiger partial charge in [0.05, 0.1) is 6.04 Å². The molecule has 0 aromatic heterocycles. The van der Waals surface area contributed by atoms with Crippen LogP contribution in [0.15, 0.2) is 54.6 Å². The van der Waals surface area contributed by atoms with Crippen molar-refractivity contribution >= 4 is 11.6 Å². The van der Waals surface area contributed by atoms with Gasteiger partial charge in [0.25, 0.3) is 0 Å². The minimum absolute atomic E-state index is 0.0907. The molecule has 102 valence electrons. The summed E-state index contributed by atoms with van der Waals surface area (Å²) in [5.74, 6) is 0.0907. The van der Waals surface area contributed by atoms with Crippen molar-refractivity contribution in [1.29, 1.82) is 0 Å². The van der Waals surface area contributed by atoms with Gasteiger partial charge in [0.2, 0.25) is 5.91 Å². The lowest BCUT2D eigenvalue weighted by Crippen LogP contribution is -2.33. The van der Waals surface area contributed by atoms with E-state index in [9.17, 15) is 4.79 Å². The molecule has 1 aliphatic rings. The second-order valence-electron chi connectivity index (χ2n) is 5.03.